The Morgan fingerprint density at radius 3 is 2.10 bits per heavy atom. The van der Waals surface area contributed by atoms with Crippen molar-refractivity contribution in [2.45, 2.75) is 51.4 Å². The Morgan fingerprint density at radius 2 is 1.52 bits per heavy atom. The summed E-state index contributed by atoms with van der Waals surface area (Å²) >= 11 is 0. The predicted octanol–water partition coefficient (Wildman–Crippen LogP) is 5.91. The zero-order valence-corrected chi connectivity index (χ0v) is 12.7. The van der Waals surface area contributed by atoms with Gasteiger partial charge < -0.3 is 0 Å². The van der Waals surface area contributed by atoms with Crippen LogP contribution in [-0.2, 0) is 0 Å². The zero-order valence-electron chi connectivity index (χ0n) is 12.7. The van der Waals surface area contributed by atoms with Crippen LogP contribution in [0.3, 0.4) is 0 Å². The Kier molecular flexibility index (Phi) is 8.85. The first-order chi connectivity index (χ1) is 10.2. The summed E-state index contributed by atoms with van der Waals surface area (Å²) in [5.41, 5.74) is 1.16. The Morgan fingerprint density at radius 1 is 0.952 bits per heavy atom. The number of rotatable bonds is 11. The van der Waals surface area contributed by atoms with Crippen molar-refractivity contribution in [1.82, 2.24) is 0 Å². The number of nitrogens with zero attached hydrogens (tertiary/aromatic N) is 1. The van der Waals surface area contributed by atoms with Gasteiger partial charge in [-0.2, -0.15) is 0 Å². The van der Waals surface area contributed by atoms with Crippen LogP contribution in [0.2, 0.25) is 0 Å². The monoisotopic (exact) mass is 287 g/mol. The second-order valence-corrected chi connectivity index (χ2v) is 5.24. The lowest BCUT2D eigenvalue weighted by Gasteiger charge is -1.99. The largest absolute Gasteiger partial charge is 0.269 e. The molecule has 0 fully saturated rings. The highest BCUT2D eigenvalue weighted by Gasteiger charge is 2.01. The number of unbranched alkanes of at least 4 members (excludes halogenated alkanes) is 7. The highest BCUT2D eigenvalue weighted by atomic mass is 16.6. The summed E-state index contributed by atoms with van der Waals surface area (Å²) in [6.07, 6.45) is 16.1. The van der Waals surface area contributed by atoms with E-state index in [9.17, 15) is 10.1 Å². The minimum Gasteiger partial charge on any atom is -0.258 e. The van der Waals surface area contributed by atoms with Crippen molar-refractivity contribution in [2.75, 3.05) is 0 Å². The highest BCUT2D eigenvalue weighted by Crippen LogP contribution is 2.14. The second kappa shape index (κ2) is 10.8. The van der Waals surface area contributed by atoms with Gasteiger partial charge in [-0.05, 0) is 43.4 Å². The Hall–Kier alpha value is -1.90. The average molecular weight is 287 g/mol. The first kappa shape index (κ1) is 17.2. The molecule has 1 aromatic carbocycles. The molecule has 21 heavy (non-hydrogen) atoms. The van der Waals surface area contributed by atoms with Gasteiger partial charge in [-0.25, -0.2) is 0 Å². The molecular formula is C18H25NO2. The minimum atomic E-state index is -0.372. The molecule has 0 aliphatic carbocycles. The molecule has 0 aliphatic heterocycles. The van der Waals surface area contributed by atoms with Crippen LogP contribution in [-0.4, -0.2) is 4.92 Å². The molecule has 0 aliphatic rings. The summed E-state index contributed by atoms with van der Waals surface area (Å²) in [4.78, 5) is 10.2. The van der Waals surface area contributed by atoms with Crippen molar-refractivity contribution >= 4 is 11.8 Å². The third-order valence-corrected chi connectivity index (χ3v) is 3.44. The number of benzene rings is 1. The van der Waals surface area contributed by atoms with E-state index in [1.54, 1.807) is 24.3 Å². The van der Waals surface area contributed by atoms with Crippen molar-refractivity contribution in [3.63, 3.8) is 0 Å². The fourth-order valence-electron chi connectivity index (χ4n) is 2.18. The fourth-order valence-corrected chi connectivity index (χ4v) is 2.18. The second-order valence-electron chi connectivity index (χ2n) is 5.24. The topological polar surface area (TPSA) is 43.1 Å². The first-order valence-electron chi connectivity index (χ1n) is 7.76. The van der Waals surface area contributed by atoms with Gasteiger partial charge in [0, 0.05) is 12.1 Å². The lowest BCUT2D eigenvalue weighted by atomic mass is 10.1. The van der Waals surface area contributed by atoms with Gasteiger partial charge in [-0.15, -0.1) is 6.58 Å². The van der Waals surface area contributed by atoms with E-state index in [0.29, 0.717) is 0 Å². The van der Waals surface area contributed by atoms with E-state index in [1.807, 2.05) is 12.2 Å². The maximum Gasteiger partial charge on any atom is 0.269 e. The van der Waals surface area contributed by atoms with Gasteiger partial charge in [-0.1, -0.05) is 43.9 Å². The van der Waals surface area contributed by atoms with Crippen LogP contribution in [0.4, 0.5) is 5.69 Å². The molecule has 0 bridgehead atoms. The van der Waals surface area contributed by atoms with Gasteiger partial charge in [0.05, 0.1) is 4.92 Å². The molecule has 0 N–H and O–H groups in total. The molecule has 0 amide bonds. The van der Waals surface area contributed by atoms with Crippen LogP contribution in [0.5, 0.6) is 0 Å². The van der Waals surface area contributed by atoms with E-state index < -0.39 is 0 Å². The van der Waals surface area contributed by atoms with Crippen molar-refractivity contribution < 1.29 is 4.92 Å². The molecule has 0 saturated heterocycles. The summed E-state index contributed by atoms with van der Waals surface area (Å²) in [5, 5.41) is 10.5. The number of nitro benzene ring substituents is 1. The molecule has 0 saturated carbocycles. The van der Waals surface area contributed by atoms with Crippen molar-refractivity contribution in [3.05, 3.63) is 58.7 Å². The number of hydrogen-bond donors (Lipinski definition) is 0. The van der Waals surface area contributed by atoms with Crippen LogP contribution in [0.15, 0.2) is 43.0 Å². The smallest absolute Gasteiger partial charge is 0.258 e. The molecule has 3 nitrogen and oxygen atoms in total. The van der Waals surface area contributed by atoms with Crippen molar-refractivity contribution in [3.8, 4) is 0 Å². The molecule has 0 spiro atoms. The van der Waals surface area contributed by atoms with Crippen molar-refractivity contribution in [1.29, 1.82) is 0 Å². The van der Waals surface area contributed by atoms with E-state index in [-0.39, 0.29) is 10.6 Å². The first-order valence-corrected chi connectivity index (χ1v) is 7.76. The SMILES string of the molecule is C=CCCCCCCCC/C=C\c1ccc([N+](=O)[O-])cc1. The van der Waals surface area contributed by atoms with Crippen LogP contribution in [0.25, 0.3) is 6.08 Å². The number of hydrogen-bond acceptors (Lipinski definition) is 2. The van der Waals surface area contributed by atoms with Gasteiger partial charge in [0.15, 0.2) is 0 Å². The van der Waals surface area contributed by atoms with E-state index in [2.05, 4.69) is 12.7 Å². The maximum atomic E-state index is 10.5. The summed E-state index contributed by atoms with van der Waals surface area (Å²) in [7, 11) is 0. The summed E-state index contributed by atoms with van der Waals surface area (Å²) in [6, 6.07) is 6.66. The van der Waals surface area contributed by atoms with Crippen LogP contribution < -0.4 is 0 Å². The molecule has 0 unspecified atom stereocenters. The van der Waals surface area contributed by atoms with Gasteiger partial charge in [0.1, 0.15) is 0 Å². The van der Waals surface area contributed by atoms with E-state index >= 15 is 0 Å². The standard InChI is InChI=1S/C18H25NO2/c1-2-3-4-5-6-7-8-9-10-11-12-17-13-15-18(16-14-17)19(20)21/h2,11-16H,1,3-10H2/b12-11-. The number of allylic oxidation sites excluding steroid dienone is 2. The molecule has 0 aromatic heterocycles. The van der Waals surface area contributed by atoms with E-state index in [0.717, 1.165) is 18.4 Å². The minimum absolute atomic E-state index is 0.142. The van der Waals surface area contributed by atoms with Crippen LogP contribution in [0.1, 0.15) is 56.9 Å². The molecule has 0 radical (unpaired) electrons. The lowest BCUT2D eigenvalue weighted by molar-refractivity contribution is -0.384. The number of non-ortho nitro benzene ring substituents is 1. The van der Waals surface area contributed by atoms with Gasteiger partial charge in [0.2, 0.25) is 0 Å². The quantitative estimate of drug-likeness (QED) is 0.219. The Bertz CT molecular complexity index is 449. The number of nitro groups is 1. The predicted molar refractivity (Wildman–Crippen MR) is 89.3 cm³/mol. The van der Waals surface area contributed by atoms with Crippen LogP contribution in [0, 0.1) is 10.1 Å². The van der Waals surface area contributed by atoms with E-state index in [1.165, 1.54) is 38.5 Å². The molecule has 0 atom stereocenters. The van der Waals surface area contributed by atoms with Crippen LogP contribution >= 0.6 is 0 Å². The van der Waals surface area contributed by atoms with E-state index in [4.69, 9.17) is 0 Å². The maximum absolute atomic E-state index is 10.5. The highest BCUT2D eigenvalue weighted by molar-refractivity contribution is 5.51. The van der Waals surface area contributed by atoms with Gasteiger partial charge in [0.25, 0.3) is 5.69 Å². The zero-order chi connectivity index (χ0) is 15.3. The molecular weight excluding hydrogens is 262 g/mol. The molecule has 1 rings (SSSR count). The molecule has 114 valence electrons. The summed E-state index contributed by atoms with van der Waals surface area (Å²) < 4.78 is 0. The Labute approximate surface area is 127 Å². The molecule has 3 heteroatoms. The third-order valence-electron chi connectivity index (χ3n) is 3.44. The summed E-state index contributed by atoms with van der Waals surface area (Å²) in [5.74, 6) is 0. The summed E-state index contributed by atoms with van der Waals surface area (Å²) in [6.45, 7) is 3.73. The average Bonchev–Trinajstić information content (AvgIpc) is 2.49. The Balaban J connectivity index is 2.09. The molecule has 1 aromatic rings. The van der Waals surface area contributed by atoms with Crippen molar-refractivity contribution in [2.24, 2.45) is 0 Å². The van der Waals surface area contributed by atoms with Gasteiger partial charge in [-0.3, -0.25) is 10.1 Å². The fraction of sp³-hybridized carbons (Fsp3) is 0.444. The molecule has 0 heterocycles. The van der Waals surface area contributed by atoms with Gasteiger partial charge >= 0.3 is 0 Å². The third kappa shape index (κ3) is 8.08. The lowest BCUT2D eigenvalue weighted by Crippen LogP contribution is -1.86. The normalized spacial score (nSPS) is 10.9.